The average molecular weight is 297 g/mol. The van der Waals surface area contributed by atoms with Crippen molar-refractivity contribution in [2.45, 2.75) is 41.9 Å². The largest absolute Gasteiger partial charge is 0.468 e. The van der Waals surface area contributed by atoms with Crippen molar-refractivity contribution < 1.29 is 13.9 Å². The van der Waals surface area contributed by atoms with Crippen molar-refractivity contribution in [1.82, 2.24) is 5.32 Å². The van der Waals surface area contributed by atoms with Crippen LogP contribution in [0, 0.1) is 5.82 Å². The maximum atomic E-state index is 12.9. The van der Waals surface area contributed by atoms with Crippen molar-refractivity contribution in [1.29, 1.82) is 0 Å². The molecule has 2 rings (SSSR count). The number of halogens is 1. The molecule has 1 saturated carbocycles. The maximum Gasteiger partial charge on any atom is 0.326 e. The van der Waals surface area contributed by atoms with E-state index in [0.29, 0.717) is 5.25 Å². The summed E-state index contributed by atoms with van der Waals surface area (Å²) in [7, 11) is 1.43. The topological polar surface area (TPSA) is 38.3 Å². The smallest absolute Gasteiger partial charge is 0.326 e. The van der Waals surface area contributed by atoms with Gasteiger partial charge in [-0.2, -0.15) is 0 Å². The first-order chi connectivity index (χ1) is 9.59. The van der Waals surface area contributed by atoms with Gasteiger partial charge in [0.2, 0.25) is 0 Å². The molecule has 0 spiro atoms. The van der Waals surface area contributed by atoms with E-state index in [1.54, 1.807) is 23.9 Å². The average Bonchev–Trinajstić information content (AvgIpc) is 2.85. The van der Waals surface area contributed by atoms with E-state index in [4.69, 9.17) is 4.74 Å². The summed E-state index contributed by atoms with van der Waals surface area (Å²) in [6.45, 7) is 2.73. The minimum absolute atomic E-state index is 0.179. The molecule has 0 saturated heterocycles. The molecule has 110 valence electrons. The Bertz CT molecular complexity index is 465. The number of methoxy groups -OCH3 is 1. The standard InChI is InChI=1S/C15H20FNO2S/c1-3-17-15(14(18)19-2)9-8-13(10-15)20-12-6-4-11(16)5-7-12/h4-7,13,17H,3,8-10H2,1-2H3. The number of rotatable bonds is 5. The second-order valence-electron chi connectivity index (χ2n) is 5.04. The maximum absolute atomic E-state index is 12.9. The van der Waals surface area contributed by atoms with Gasteiger partial charge < -0.3 is 10.1 Å². The molecule has 1 aliphatic carbocycles. The van der Waals surface area contributed by atoms with Crippen molar-refractivity contribution in [2.24, 2.45) is 0 Å². The molecule has 0 bridgehead atoms. The highest BCUT2D eigenvalue weighted by Crippen LogP contribution is 2.40. The van der Waals surface area contributed by atoms with E-state index in [1.807, 2.05) is 6.92 Å². The van der Waals surface area contributed by atoms with Crippen LogP contribution in [0.15, 0.2) is 29.2 Å². The highest BCUT2D eigenvalue weighted by atomic mass is 32.2. The third kappa shape index (κ3) is 3.33. The number of benzene rings is 1. The van der Waals surface area contributed by atoms with Crippen molar-refractivity contribution in [3.63, 3.8) is 0 Å². The van der Waals surface area contributed by atoms with E-state index in [2.05, 4.69) is 5.32 Å². The summed E-state index contributed by atoms with van der Waals surface area (Å²) in [5.41, 5.74) is -0.554. The number of likely N-dealkylation sites (N-methyl/N-ethyl adjacent to an activating group) is 1. The Balaban J connectivity index is 2.02. The third-order valence-electron chi connectivity index (χ3n) is 3.68. The molecular weight excluding hydrogens is 277 g/mol. The summed E-state index contributed by atoms with van der Waals surface area (Å²) >= 11 is 1.70. The Morgan fingerprint density at radius 2 is 2.20 bits per heavy atom. The van der Waals surface area contributed by atoms with Gasteiger partial charge in [-0.15, -0.1) is 11.8 Å². The van der Waals surface area contributed by atoms with Crippen LogP contribution in [0.1, 0.15) is 26.2 Å². The Morgan fingerprint density at radius 3 is 2.80 bits per heavy atom. The molecule has 0 heterocycles. The number of carbonyl (C=O) groups excluding carboxylic acids is 1. The molecule has 0 amide bonds. The Morgan fingerprint density at radius 1 is 1.50 bits per heavy atom. The molecule has 1 aromatic rings. The van der Waals surface area contributed by atoms with Crippen molar-refractivity contribution in [3.05, 3.63) is 30.1 Å². The van der Waals surface area contributed by atoms with Gasteiger partial charge >= 0.3 is 5.97 Å². The zero-order valence-electron chi connectivity index (χ0n) is 11.8. The fourth-order valence-corrected chi connectivity index (χ4v) is 4.04. The van der Waals surface area contributed by atoms with Gasteiger partial charge in [0, 0.05) is 10.1 Å². The molecule has 0 aromatic heterocycles. The molecule has 5 heteroatoms. The second-order valence-corrected chi connectivity index (χ2v) is 6.41. The highest BCUT2D eigenvalue weighted by Gasteiger charge is 2.45. The Hall–Kier alpha value is -1.07. The van der Waals surface area contributed by atoms with E-state index in [0.717, 1.165) is 30.7 Å². The number of hydrogen-bond donors (Lipinski definition) is 1. The quantitative estimate of drug-likeness (QED) is 0.848. The molecule has 0 radical (unpaired) electrons. The van der Waals surface area contributed by atoms with Crippen LogP contribution in [0.5, 0.6) is 0 Å². The number of ether oxygens (including phenoxy) is 1. The SMILES string of the molecule is CCNC1(C(=O)OC)CCC(Sc2ccc(F)cc2)C1. The zero-order chi connectivity index (χ0) is 14.6. The van der Waals surface area contributed by atoms with Crippen LogP contribution in [0.4, 0.5) is 4.39 Å². The van der Waals surface area contributed by atoms with Gasteiger partial charge in [0.05, 0.1) is 7.11 Å². The number of hydrogen-bond acceptors (Lipinski definition) is 4. The van der Waals surface area contributed by atoms with Gasteiger partial charge in [0.25, 0.3) is 0 Å². The predicted molar refractivity (Wildman–Crippen MR) is 78.3 cm³/mol. The van der Waals surface area contributed by atoms with Crippen LogP contribution in [-0.4, -0.2) is 30.4 Å². The summed E-state index contributed by atoms with van der Waals surface area (Å²) in [6.07, 6.45) is 2.48. The Kier molecular flexibility index (Phi) is 5.05. The van der Waals surface area contributed by atoms with Crippen molar-refractivity contribution in [2.75, 3.05) is 13.7 Å². The third-order valence-corrected chi connectivity index (χ3v) is 4.96. The summed E-state index contributed by atoms with van der Waals surface area (Å²) in [5, 5.41) is 3.63. The first-order valence-corrected chi connectivity index (χ1v) is 7.73. The summed E-state index contributed by atoms with van der Waals surface area (Å²) in [5.74, 6) is -0.404. The minimum Gasteiger partial charge on any atom is -0.468 e. The van der Waals surface area contributed by atoms with E-state index < -0.39 is 5.54 Å². The van der Waals surface area contributed by atoms with Crippen molar-refractivity contribution in [3.8, 4) is 0 Å². The normalized spacial score (nSPS) is 25.6. The van der Waals surface area contributed by atoms with Crippen LogP contribution in [0.2, 0.25) is 0 Å². The van der Waals surface area contributed by atoms with Crippen LogP contribution in [-0.2, 0) is 9.53 Å². The first kappa shape index (κ1) is 15.3. The van der Waals surface area contributed by atoms with E-state index >= 15 is 0 Å². The number of carbonyl (C=O) groups is 1. The summed E-state index contributed by atoms with van der Waals surface area (Å²) in [4.78, 5) is 13.1. The lowest BCUT2D eigenvalue weighted by atomic mass is 9.98. The molecule has 0 aliphatic heterocycles. The van der Waals surface area contributed by atoms with Gasteiger partial charge in [-0.05, 0) is 50.1 Å². The summed E-state index contributed by atoms with van der Waals surface area (Å²) < 4.78 is 17.8. The zero-order valence-corrected chi connectivity index (χ0v) is 12.6. The number of esters is 1. The molecule has 2 atom stereocenters. The van der Waals surface area contributed by atoms with Crippen LogP contribution in [0.25, 0.3) is 0 Å². The number of nitrogens with one attached hydrogen (secondary N) is 1. The molecule has 1 aliphatic rings. The van der Waals surface area contributed by atoms with E-state index in [-0.39, 0.29) is 11.8 Å². The van der Waals surface area contributed by atoms with Crippen LogP contribution < -0.4 is 5.32 Å². The van der Waals surface area contributed by atoms with Gasteiger partial charge in [0.15, 0.2) is 0 Å². The number of thioether (sulfide) groups is 1. The molecular formula is C15H20FNO2S. The Labute approximate surface area is 123 Å². The molecule has 20 heavy (non-hydrogen) atoms. The highest BCUT2D eigenvalue weighted by molar-refractivity contribution is 8.00. The minimum atomic E-state index is -0.554. The van der Waals surface area contributed by atoms with Crippen LogP contribution in [0.3, 0.4) is 0 Å². The molecule has 1 aromatic carbocycles. The van der Waals surface area contributed by atoms with Gasteiger partial charge in [-0.3, -0.25) is 4.79 Å². The fourth-order valence-electron chi connectivity index (χ4n) is 2.76. The van der Waals surface area contributed by atoms with Gasteiger partial charge in [-0.1, -0.05) is 6.92 Å². The van der Waals surface area contributed by atoms with Gasteiger partial charge in [0.1, 0.15) is 11.4 Å². The predicted octanol–water partition coefficient (Wildman–Crippen LogP) is 2.99. The van der Waals surface area contributed by atoms with E-state index in [1.165, 1.54) is 19.2 Å². The van der Waals surface area contributed by atoms with Crippen molar-refractivity contribution >= 4 is 17.7 Å². The second kappa shape index (κ2) is 6.59. The van der Waals surface area contributed by atoms with Gasteiger partial charge in [-0.25, -0.2) is 4.39 Å². The summed E-state index contributed by atoms with van der Waals surface area (Å²) in [6, 6.07) is 6.50. The fraction of sp³-hybridized carbons (Fsp3) is 0.533. The first-order valence-electron chi connectivity index (χ1n) is 6.85. The lowest BCUT2D eigenvalue weighted by molar-refractivity contribution is -0.148. The lowest BCUT2D eigenvalue weighted by Gasteiger charge is -2.27. The molecule has 1 N–H and O–H groups in total. The van der Waals surface area contributed by atoms with Crippen LogP contribution >= 0.6 is 11.8 Å². The monoisotopic (exact) mass is 297 g/mol. The lowest BCUT2D eigenvalue weighted by Crippen LogP contribution is -2.50. The molecule has 1 fully saturated rings. The van der Waals surface area contributed by atoms with E-state index in [9.17, 15) is 9.18 Å². The molecule has 2 unspecified atom stereocenters. The molecule has 3 nitrogen and oxygen atoms in total.